The molecule has 0 bridgehead atoms. The summed E-state index contributed by atoms with van der Waals surface area (Å²) in [5.74, 6) is -2.34. The zero-order chi connectivity index (χ0) is 26.0. The van der Waals surface area contributed by atoms with E-state index in [0.717, 1.165) is 12.5 Å². The van der Waals surface area contributed by atoms with E-state index in [4.69, 9.17) is 34.7 Å². The summed E-state index contributed by atoms with van der Waals surface area (Å²) in [5, 5.41) is 16.4. The zero-order valence-corrected chi connectivity index (χ0v) is 20.6. The summed E-state index contributed by atoms with van der Waals surface area (Å²) in [4.78, 5) is 43.0. The number of rotatable bonds is 11. The number of benzene rings is 2. The van der Waals surface area contributed by atoms with Gasteiger partial charge in [-0.3, -0.25) is 15.1 Å². The second kappa shape index (κ2) is 12.9. The molecule has 2 aromatic carbocycles. The Morgan fingerprint density at radius 1 is 1.03 bits per heavy atom. The SMILES string of the molecule is CC(=O)N(C(=O)NCc1ccccc1)[C@](CCCN=C(N)N)(NCc1ccc(Cl)c(Cl)c1)C(=O)O. The van der Waals surface area contributed by atoms with E-state index in [0.29, 0.717) is 15.5 Å². The number of guanidine groups is 1. The van der Waals surface area contributed by atoms with Crippen LogP contribution in [0, 0.1) is 0 Å². The summed E-state index contributed by atoms with van der Waals surface area (Å²) in [5.41, 5.74) is 10.00. The van der Waals surface area contributed by atoms with Crippen LogP contribution in [-0.2, 0) is 22.7 Å². The van der Waals surface area contributed by atoms with Crippen molar-refractivity contribution in [1.82, 2.24) is 15.5 Å². The number of hydrogen-bond donors (Lipinski definition) is 5. The molecule has 188 valence electrons. The fourth-order valence-electron chi connectivity index (χ4n) is 3.44. The molecule has 0 aromatic heterocycles. The Morgan fingerprint density at radius 2 is 1.71 bits per heavy atom. The van der Waals surface area contributed by atoms with Crippen molar-refractivity contribution in [2.75, 3.05) is 6.54 Å². The van der Waals surface area contributed by atoms with Crippen LogP contribution in [0.15, 0.2) is 53.5 Å². The number of imide groups is 1. The molecule has 12 heteroatoms. The number of carbonyl (C=O) groups is 3. The molecule has 7 N–H and O–H groups in total. The summed E-state index contributed by atoms with van der Waals surface area (Å²) in [6.07, 6.45) is -0.00685. The van der Waals surface area contributed by atoms with Gasteiger partial charge in [-0.25, -0.2) is 14.5 Å². The highest BCUT2D eigenvalue weighted by Gasteiger charge is 2.48. The van der Waals surface area contributed by atoms with Gasteiger partial charge in [0.15, 0.2) is 5.96 Å². The number of aliphatic imine (C=N–C) groups is 1. The molecule has 0 saturated carbocycles. The number of hydrogen-bond acceptors (Lipinski definition) is 5. The van der Waals surface area contributed by atoms with Crippen LogP contribution in [0.5, 0.6) is 0 Å². The van der Waals surface area contributed by atoms with Gasteiger partial charge in [0.25, 0.3) is 0 Å². The van der Waals surface area contributed by atoms with Crippen LogP contribution in [0.3, 0.4) is 0 Å². The molecule has 35 heavy (non-hydrogen) atoms. The number of aliphatic carboxylic acids is 1. The number of nitrogens with two attached hydrogens (primary N) is 2. The molecular formula is C23H28Cl2N6O4. The quantitative estimate of drug-likeness (QED) is 0.131. The minimum atomic E-state index is -2.10. The largest absolute Gasteiger partial charge is 0.478 e. The highest BCUT2D eigenvalue weighted by Crippen LogP contribution is 2.25. The second-order valence-corrected chi connectivity index (χ2v) is 8.49. The van der Waals surface area contributed by atoms with Gasteiger partial charge in [0, 0.05) is 26.6 Å². The predicted molar refractivity (Wildman–Crippen MR) is 135 cm³/mol. The number of carboxylic acid groups (broad SMARTS) is 1. The van der Waals surface area contributed by atoms with Crippen LogP contribution in [0.4, 0.5) is 4.79 Å². The normalized spacial score (nSPS) is 12.3. The Labute approximate surface area is 213 Å². The van der Waals surface area contributed by atoms with Gasteiger partial charge < -0.3 is 21.9 Å². The zero-order valence-electron chi connectivity index (χ0n) is 19.1. The van der Waals surface area contributed by atoms with Crippen LogP contribution < -0.4 is 22.1 Å². The molecule has 1 atom stereocenters. The molecule has 0 saturated heterocycles. The average molecular weight is 523 g/mol. The van der Waals surface area contributed by atoms with E-state index >= 15 is 0 Å². The molecule has 0 spiro atoms. The van der Waals surface area contributed by atoms with Crippen molar-refractivity contribution in [2.45, 2.75) is 38.5 Å². The second-order valence-electron chi connectivity index (χ2n) is 7.68. The first-order valence-corrected chi connectivity index (χ1v) is 11.4. The van der Waals surface area contributed by atoms with Crippen LogP contribution in [0.1, 0.15) is 30.9 Å². The maximum atomic E-state index is 13.1. The minimum absolute atomic E-state index is 0.0266. The smallest absolute Gasteiger partial charge is 0.345 e. The molecule has 0 radical (unpaired) electrons. The highest BCUT2D eigenvalue weighted by molar-refractivity contribution is 6.42. The number of nitrogens with zero attached hydrogens (tertiary/aromatic N) is 2. The first kappa shape index (κ1) is 27.9. The number of amides is 3. The number of carbonyl (C=O) groups excluding carboxylic acids is 2. The third kappa shape index (κ3) is 7.84. The van der Waals surface area contributed by atoms with Crippen molar-refractivity contribution in [2.24, 2.45) is 16.5 Å². The first-order valence-electron chi connectivity index (χ1n) is 10.7. The molecular weight excluding hydrogens is 495 g/mol. The van der Waals surface area contributed by atoms with Crippen LogP contribution in [0.2, 0.25) is 10.0 Å². The number of nitrogens with one attached hydrogen (secondary N) is 2. The highest BCUT2D eigenvalue weighted by atomic mass is 35.5. The molecule has 10 nitrogen and oxygen atoms in total. The lowest BCUT2D eigenvalue weighted by atomic mass is 10.00. The van der Waals surface area contributed by atoms with Gasteiger partial charge in [-0.1, -0.05) is 59.6 Å². The summed E-state index contributed by atoms with van der Waals surface area (Å²) >= 11 is 12.0. The Balaban J connectivity index is 2.37. The van der Waals surface area contributed by atoms with Crippen molar-refractivity contribution >= 4 is 47.1 Å². The van der Waals surface area contributed by atoms with E-state index in [-0.39, 0.29) is 43.5 Å². The maximum absolute atomic E-state index is 13.1. The molecule has 0 aliphatic carbocycles. The maximum Gasteiger partial charge on any atom is 0.345 e. The Kier molecular flexibility index (Phi) is 10.3. The van der Waals surface area contributed by atoms with E-state index < -0.39 is 23.6 Å². The topological polar surface area (TPSA) is 163 Å². The van der Waals surface area contributed by atoms with E-state index in [9.17, 15) is 19.5 Å². The minimum Gasteiger partial charge on any atom is -0.478 e. The average Bonchev–Trinajstić information content (AvgIpc) is 2.80. The fourth-order valence-corrected chi connectivity index (χ4v) is 3.76. The van der Waals surface area contributed by atoms with Crippen LogP contribution in [0.25, 0.3) is 0 Å². The lowest BCUT2D eigenvalue weighted by molar-refractivity contribution is -0.158. The summed E-state index contributed by atoms with van der Waals surface area (Å²) in [6, 6.07) is 12.9. The summed E-state index contributed by atoms with van der Waals surface area (Å²) in [6.45, 7) is 1.29. The van der Waals surface area contributed by atoms with Crippen LogP contribution in [-0.4, -0.2) is 46.1 Å². The third-order valence-corrected chi connectivity index (χ3v) is 5.84. The molecule has 0 heterocycles. The molecule has 2 rings (SSSR count). The van der Waals surface area contributed by atoms with E-state index in [1.165, 1.54) is 0 Å². The third-order valence-electron chi connectivity index (χ3n) is 5.10. The predicted octanol–water partition coefficient (Wildman–Crippen LogP) is 2.68. The fraction of sp³-hybridized carbons (Fsp3) is 0.304. The molecule has 0 unspecified atom stereocenters. The van der Waals surface area contributed by atoms with Crippen molar-refractivity contribution in [1.29, 1.82) is 0 Å². The first-order chi connectivity index (χ1) is 16.6. The van der Waals surface area contributed by atoms with Crippen LogP contribution >= 0.6 is 23.2 Å². The number of urea groups is 1. The molecule has 0 aliphatic rings. The van der Waals surface area contributed by atoms with Gasteiger partial charge in [-0.15, -0.1) is 0 Å². The van der Waals surface area contributed by atoms with E-state index in [1.807, 2.05) is 6.07 Å². The van der Waals surface area contributed by atoms with Gasteiger partial charge in [0.1, 0.15) is 0 Å². The summed E-state index contributed by atoms with van der Waals surface area (Å²) < 4.78 is 0. The summed E-state index contributed by atoms with van der Waals surface area (Å²) in [7, 11) is 0. The Morgan fingerprint density at radius 3 is 2.29 bits per heavy atom. The van der Waals surface area contributed by atoms with Gasteiger partial charge in [-0.2, -0.15) is 0 Å². The van der Waals surface area contributed by atoms with Crippen molar-refractivity contribution in [3.63, 3.8) is 0 Å². The van der Waals surface area contributed by atoms with Gasteiger partial charge in [0.05, 0.1) is 10.0 Å². The lowest BCUT2D eigenvalue weighted by Crippen LogP contribution is -2.68. The molecule has 0 aliphatic heterocycles. The number of carboxylic acids is 1. The van der Waals surface area contributed by atoms with E-state index in [2.05, 4.69) is 15.6 Å². The lowest BCUT2D eigenvalue weighted by Gasteiger charge is -2.39. The van der Waals surface area contributed by atoms with E-state index in [1.54, 1.807) is 42.5 Å². The van der Waals surface area contributed by atoms with Gasteiger partial charge in [-0.05, 0) is 36.1 Å². The monoisotopic (exact) mass is 522 g/mol. The number of halogens is 2. The molecule has 0 fully saturated rings. The molecule has 2 aromatic rings. The van der Waals surface area contributed by atoms with Crippen molar-refractivity contribution in [3.05, 3.63) is 69.7 Å². The van der Waals surface area contributed by atoms with Crippen molar-refractivity contribution in [3.8, 4) is 0 Å². The van der Waals surface area contributed by atoms with Crippen molar-refractivity contribution < 1.29 is 19.5 Å². The standard InChI is InChI=1S/C23H28Cl2N6O4/c1-15(32)31(22(35)29-13-16-6-3-2-4-7-16)23(20(33)34,10-5-11-28-21(26)27)30-14-17-8-9-18(24)19(25)12-17/h2-4,6-9,12,30H,5,10-11,13-14H2,1H3,(H,29,35)(H,33,34)(H4,26,27,28)/t23-/m0/s1. The van der Waals surface area contributed by atoms with Gasteiger partial charge >= 0.3 is 12.0 Å². The Bertz CT molecular complexity index is 1080. The van der Waals surface area contributed by atoms with Gasteiger partial charge in [0.2, 0.25) is 11.6 Å². The molecule has 3 amide bonds. The Hall–Kier alpha value is -3.34.